The molecule has 1 heterocycles. The highest BCUT2D eigenvalue weighted by Gasteiger charge is 2.23. The average Bonchev–Trinajstić information content (AvgIpc) is 2.88. The highest BCUT2D eigenvalue weighted by atomic mass is 16.2. The smallest absolute Gasteiger partial charge is 0.291 e. The summed E-state index contributed by atoms with van der Waals surface area (Å²) in [7, 11) is 0. The van der Waals surface area contributed by atoms with Crippen molar-refractivity contribution in [3.05, 3.63) is 11.6 Å². The summed E-state index contributed by atoms with van der Waals surface area (Å²) >= 11 is 0. The summed E-state index contributed by atoms with van der Waals surface area (Å²) in [6.07, 6.45) is 7.71. The van der Waals surface area contributed by atoms with Crippen LogP contribution in [0.15, 0.2) is 0 Å². The molecule has 0 aliphatic heterocycles. The van der Waals surface area contributed by atoms with E-state index in [4.69, 9.17) is 0 Å². The van der Waals surface area contributed by atoms with Crippen LogP contribution in [0.5, 0.6) is 0 Å². The van der Waals surface area contributed by atoms with Crippen LogP contribution in [0.1, 0.15) is 68.8 Å². The van der Waals surface area contributed by atoms with Crippen molar-refractivity contribution < 1.29 is 4.79 Å². The van der Waals surface area contributed by atoms with Gasteiger partial charge in [0.05, 0.1) is 0 Å². The van der Waals surface area contributed by atoms with E-state index < -0.39 is 0 Å². The molecular weight excluding hydrogens is 240 g/mol. The first-order valence-corrected chi connectivity index (χ1v) is 7.45. The number of hydrogen-bond donors (Lipinski definition) is 2. The summed E-state index contributed by atoms with van der Waals surface area (Å²) in [5, 5.41) is 9.89. The van der Waals surface area contributed by atoms with E-state index in [1.165, 1.54) is 19.3 Å². The number of H-pyrrole nitrogens is 1. The second-order valence-electron chi connectivity index (χ2n) is 5.47. The second-order valence-corrected chi connectivity index (χ2v) is 5.47. The van der Waals surface area contributed by atoms with Gasteiger partial charge >= 0.3 is 0 Å². The van der Waals surface area contributed by atoms with E-state index >= 15 is 0 Å². The zero-order valence-electron chi connectivity index (χ0n) is 11.9. The van der Waals surface area contributed by atoms with Crippen molar-refractivity contribution in [1.82, 2.24) is 20.5 Å². The number of carbonyl (C=O) groups is 1. The predicted octanol–water partition coefficient (Wildman–Crippen LogP) is 2.46. The molecule has 1 aliphatic rings. The van der Waals surface area contributed by atoms with E-state index in [0.717, 1.165) is 37.4 Å². The first-order chi connectivity index (χ1) is 9.22. The lowest BCUT2D eigenvalue weighted by Gasteiger charge is -2.28. The molecule has 0 radical (unpaired) electrons. The summed E-state index contributed by atoms with van der Waals surface area (Å²) in [5.74, 6) is 1.69. The monoisotopic (exact) mass is 264 g/mol. The Kier molecular flexibility index (Phi) is 4.93. The van der Waals surface area contributed by atoms with Crippen molar-refractivity contribution in [2.45, 2.75) is 64.8 Å². The molecule has 1 saturated carbocycles. The van der Waals surface area contributed by atoms with E-state index in [2.05, 4.69) is 34.3 Å². The van der Waals surface area contributed by atoms with Gasteiger partial charge in [0.15, 0.2) is 0 Å². The van der Waals surface area contributed by atoms with Crippen molar-refractivity contribution in [3.8, 4) is 0 Å². The van der Waals surface area contributed by atoms with Crippen molar-refractivity contribution >= 4 is 5.91 Å². The number of rotatable bonds is 5. The van der Waals surface area contributed by atoms with E-state index in [0.29, 0.717) is 6.04 Å². The third kappa shape index (κ3) is 3.78. The summed E-state index contributed by atoms with van der Waals surface area (Å²) < 4.78 is 0. The van der Waals surface area contributed by atoms with Crippen LogP contribution in [0.3, 0.4) is 0 Å². The molecule has 106 valence electrons. The minimum Gasteiger partial charge on any atom is -0.347 e. The zero-order chi connectivity index (χ0) is 13.7. The van der Waals surface area contributed by atoms with Crippen LogP contribution in [-0.4, -0.2) is 27.1 Å². The third-order valence-corrected chi connectivity index (χ3v) is 3.92. The lowest BCUT2D eigenvalue weighted by atomic mass is 9.84. The summed E-state index contributed by atoms with van der Waals surface area (Å²) in [4.78, 5) is 16.3. The number of nitrogens with zero attached hydrogens (tertiary/aromatic N) is 2. The molecule has 2 rings (SSSR count). The standard InChI is InChI=1S/C14H24N4O/c1-3-6-12-16-13(18-17-12)14(19)15-11-8-5-7-10(4-2)9-11/h10-11H,3-9H2,1-2H3,(H,15,19)(H,16,17,18). The van der Waals surface area contributed by atoms with Crippen LogP contribution in [0.25, 0.3) is 0 Å². The largest absolute Gasteiger partial charge is 0.347 e. The predicted molar refractivity (Wildman–Crippen MR) is 73.9 cm³/mol. The maximum absolute atomic E-state index is 12.1. The van der Waals surface area contributed by atoms with Gasteiger partial charge in [0, 0.05) is 12.5 Å². The van der Waals surface area contributed by atoms with Crippen LogP contribution in [0, 0.1) is 5.92 Å². The van der Waals surface area contributed by atoms with Gasteiger partial charge in [-0.25, -0.2) is 4.98 Å². The topological polar surface area (TPSA) is 70.7 Å². The van der Waals surface area contributed by atoms with Crippen LogP contribution < -0.4 is 5.32 Å². The number of aromatic amines is 1. The van der Waals surface area contributed by atoms with Gasteiger partial charge in [0.1, 0.15) is 5.82 Å². The third-order valence-electron chi connectivity index (χ3n) is 3.92. The van der Waals surface area contributed by atoms with Crippen LogP contribution in [-0.2, 0) is 6.42 Å². The SMILES string of the molecule is CCCc1nc(C(=O)NC2CCCC(CC)C2)n[nH]1. The first kappa shape index (κ1) is 14.0. The van der Waals surface area contributed by atoms with Crippen molar-refractivity contribution in [2.24, 2.45) is 5.92 Å². The maximum atomic E-state index is 12.1. The molecule has 5 nitrogen and oxygen atoms in total. The molecule has 5 heteroatoms. The zero-order valence-corrected chi connectivity index (χ0v) is 11.9. The minimum atomic E-state index is -0.139. The van der Waals surface area contributed by atoms with Crippen molar-refractivity contribution in [2.75, 3.05) is 0 Å². The number of nitrogens with one attached hydrogen (secondary N) is 2. The Bertz CT molecular complexity index is 415. The molecule has 19 heavy (non-hydrogen) atoms. The summed E-state index contributed by atoms with van der Waals surface area (Å²) in [5.41, 5.74) is 0. The van der Waals surface area contributed by atoms with Crippen LogP contribution in [0.2, 0.25) is 0 Å². The summed E-state index contributed by atoms with van der Waals surface area (Å²) in [6.45, 7) is 4.30. The number of aryl methyl sites for hydroxylation is 1. The quantitative estimate of drug-likeness (QED) is 0.858. The molecule has 0 spiro atoms. The number of aromatic nitrogens is 3. The lowest BCUT2D eigenvalue weighted by Crippen LogP contribution is -2.38. The maximum Gasteiger partial charge on any atom is 0.291 e. The average molecular weight is 264 g/mol. The second kappa shape index (κ2) is 6.68. The fourth-order valence-electron chi connectivity index (χ4n) is 2.79. The molecule has 1 aromatic heterocycles. The highest BCUT2D eigenvalue weighted by Crippen LogP contribution is 2.26. The fraction of sp³-hybridized carbons (Fsp3) is 0.786. The van der Waals surface area contributed by atoms with Gasteiger partial charge in [-0.1, -0.05) is 33.1 Å². The molecule has 1 fully saturated rings. The number of carbonyl (C=O) groups excluding carboxylic acids is 1. The van der Waals surface area contributed by atoms with Crippen molar-refractivity contribution in [1.29, 1.82) is 0 Å². The molecule has 2 unspecified atom stereocenters. The molecule has 1 aliphatic carbocycles. The van der Waals surface area contributed by atoms with Gasteiger partial charge in [0.25, 0.3) is 5.91 Å². The minimum absolute atomic E-state index is 0.139. The normalized spacial score (nSPS) is 23.3. The van der Waals surface area contributed by atoms with E-state index in [1.54, 1.807) is 0 Å². The Morgan fingerprint density at radius 3 is 3.00 bits per heavy atom. The van der Waals surface area contributed by atoms with Gasteiger partial charge in [-0.3, -0.25) is 9.89 Å². The molecule has 0 aromatic carbocycles. The molecule has 0 saturated heterocycles. The van der Waals surface area contributed by atoms with E-state index in [1.807, 2.05) is 0 Å². The Morgan fingerprint density at radius 1 is 1.42 bits per heavy atom. The van der Waals surface area contributed by atoms with Gasteiger partial charge in [-0.05, 0) is 25.2 Å². The Hall–Kier alpha value is -1.39. The van der Waals surface area contributed by atoms with Gasteiger partial charge in [-0.15, -0.1) is 5.10 Å². The molecule has 1 aromatic rings. The molecule has 0 bridgehead atoms. The highest BCUT2D eigenvalue weighted by molar-refractivity contribution is 5.90. The van der Waals surface area contributed by atoms with Crippen LogP contribution in [0.4, 0.5) is 0 Å². The molecular formula is C14H24N4O. The Labute approximate surface area is 114 Å². The van der Waals surface area contributed by atoms with Gasteiger partial charge < -0.3 is 5.32 Å². The Balaban J connectivity index is 1.88. The Morgan fingerprint density at radius 2 is 2.26 bits per heavy atom. The summed E-state index contributed by atoms with van der Waals surface area (Å²) in [6, 6.07) is 0.291. The lowest BCUT2D eigenvalue weighted by molar-refractivity contribution is 0.0909. The number of amides is 1. The van der Waals surface area contributed by atoms with Gasteiger partial charge in [0.2, 0.25) is 5.82 Å². The van der Waals surface area contributed by atoms with Crippen LogP contribution >= 0.6 is 0 Å². The van der Waals surface area contributed by atoms with E-state index in [9.17, 15) is 4.79 Å². The number of hydrogen-bond acceptors (Lipinski definition) is 3. The van der Waals surface area contributed by atoms with Crippen molar-refractivity contribution in [3.63, 3.8) is 0 Å². The van der Waals surface area contributed by atoms with Gasteiger partial charge in [-0.2, -0.15) is 0 Å². The molecule has 1 amide bonds. The molecule has 2 atom stereocenters. The fourth-order valence-corrected chi connectivity index (χ4v) is 2.79. The first-order valence-electron chi connectivity index (χ1n) is 7.45. The van der Waals surface area contributed by atoms with E-state index in [-0.39, 0.29) is 11.7 Å². The molecule has 2 N–H and O–H groups in total.